The van der Waals surface area contributed by atoms with E-state index in [4.69, 9.17) is 9.47 Å². The van der Waals surface area contributed by atoms with Gasteiger partial charge in [0.2, 0.25) is 5.95 Å². The van der Waals surface area contributed by atoms with E-state index in [0.717, 1.165) is 16.8 Å². The number of methoxy groups -OCH3 is 2. The molecule has 0 radical (unpaired) electrons. The van der Waals surface area contributed by atoms with Crippen molar-refractivity contribution >= 4 is 17.6 Å². The predicted octanol–water partition coefficient (Wildman–Crippen LogP) is 4.30. The van der Waals surface area contributed by atoms with Crippen molar-refractivity contribution in [2.75, 3.05) is 19.5 Å². The van der Waals surface area contributed by atoms with Crippen LogP contribution in [0.1, 0.15) is 28.7 Å². The molecule has 0 aliphatic rings. The maximum atomic E-state index is 13.5. The number of alkyl halides is 3. The van der Waals surface area contributed by atoms with E-state index in [1.165, 1.54) is 38.1 Å². The van der Waals surface area contributed by atoms with E-state index in [1.807, 2.05) is 0 Å². The normalized spacial score (nSPS) is 11.4. The fraction of sp³-hybridized carbons (Fsp3) is 0.240. The lowest BCUT2D eigenvalue weighted by molar-refractivity contribution is -0.141. The molecule has 4 rings (SSSR count). The summed E-state index contributed by atoms with van der Waals surface area (Å²) in [4.78, 5) is 32.9. The van der Waals surface area contributed by atoms with Crippen molar-refractivity contribution in [3.8, 4) is 28.4 Å². The summed E-state index contributed by atoms with van der Waals surface area (Å²) in [6.45, 7) is 3.22. The van der Waals surface area contributed by atoms with Crippen molar-refractivity contribution in [3.63, 3.8) is 0 Å². The molecule has 0 saturated carbocycles. The number of benzene rings is 1. The fourth-order valence-electron chi connectivity index (χ4n) is 3.81. The predicted molar refractivity (Wildman–Crippen MR) is 134 cm³/mol. The first-order valence-electron chi connectivity index (χ1n) is 11.4. The number of carboxylic acids is 1. The maximum absolute atomic E-state index is 13.5. The van der Waals surface area contributed by atoms with Crippen LogP contribution in [0.2, 0.25) is 0 Å². The van der Waals surface area contributed by atoms with Gasteiger partial charge in [-0.1, -0.05) is 0 Å². The summed E-state index contributed by atoms with van der Waals surface area (Å²) < 4.78 is 53.1. The van der Waals surface area contributed by atoms with E-state index < -0.39 is 29.0 Å². The molecule has 0 amide bonds. The van der Waals surface area contributed by atoms with Gasteiger partial charge in [-0.2, -0.15) is 23.3 Å². The lowest BCUT2D eigenvalue weighted by Crippen LogP contribution is -2.25. The largest absolute Gasteiger partial charge is 0.497 e. The SMILES string of the molecule is CCn1cc(-c2cnc(Nc3cc(OC)cc(OC)c3)nc2-n2nc(C(F)(F)F)cc2C)cc(C(=O)O)c1=O. The van der Waals surface area contributed by atoms with Crippen molar-refractivity contribution in [1.29, 1.82) is 0 Å². The Balaban J connectivity index is 1.93. The molecule has 0 saturated heterocycles. The number of rotatable bonds is 8. The van der Waals surface area contributed by atoms with Gasteiger partial charge in [0.15, 0.2) is 11.5 Å². The number of anilines is 2. The number of hydrogen-bond donors (Lipinski definition) is 2. The number of aromatic nitrogens is 5. The first-order valence-corrected chi connectivity index (χ1v) is 11.4. The third-order valence-corrected chi connectivity index (χ3v) is 5.72. The summed E-state index contributed by atoms with van der Waals surface area (Å²) in [5.74, 6) is -0.599. The number of carbonyl (C=O) groups is 1. The number of carboxylic acid groups (broad SMARTS) is 1. The zero-order valence-electron chi connectivity index (χ0n) is 21.2. The molecule has 39 heavy (non-hydrogen) atoms. The number of hydrogen-bond acceptors (Lipinski definition) is 8. The molecule has 204 valence electrons. The molecule has 0 spiro atoms. The highest BCUT2D eigenvalue weighted by atomic mass is 19.4. The molecule has 11 nitrogen and oxygen atoms in total. The van der Waals surface area contributed by atoms with Crippen molar-refractivity contribution in [3.05, 3.63) is 70.0 Å². The number of aromatic carboxylic acids is 1. The van der Waals surface area contributed by atoms with Gasteiger partial charge in [0.25, 0.3) is 5.56 Å². The summed E-state index contributed by atoms with van der Waals surface area (Å²) in [6.07, 6.45) is -2.02. The van der Waals surface area contributed by atoms with Crippen LogP contribution in [0.5, 0.6) is 11.5 Å². The van der Waals surface area contributed by atoms with Crippen molar-refractivity contribution in [2.24, 2.45) is 0 Å². The monoisotopic (exact) mass is 544 g/mol. The van der Waals surface area contributed by atoms with Crippen molar-refractivity contribution in [1.82, 2.24) is 24.3 Å². The van der Waals surface area contributed by atoms with Gasteiger partial charge >= 0.3 is 12.1 Å². The topological polar surface area (TPSA) is 133 Å². The Bertz CT molecular complexity index is 1590. The molecule has 3 aromatic heterocycles. The van der Waals surface area contributed by atoms with E-state index in [1.54, 1.807) is 25.1 Å². The molecular formula is C25H23F3N6O5. The number of pyridine rings is 1. The van der Waals surface area contributed by atoms with Crippen LogP contribution >= 0.6 is 0 Å². The van der Waals surface area contributed by atoms with Crippen LogP contribution in [0.25, 0.3) is 16.9 Å². The highest BCUT2D eigenvalue weighted by Gasteiger charge is 2.35. The number of aryl methyl sites for hydroxylation is 2. The van der Waals surface area contributed by atoms with Gasteiger partial charge in [-0.3, -0.25) is 4.79 Å². The minimum atomic E-state index is -4.71. The summed E-state index contributed by atoms with van der Waals surface area (Å²) in [5.41, 5.74) is -1.46. The van der Waals surface area contributed by atoms with Gasteiger partial charge in [-0.25, -0.2) is 14.5 Å². The van der Waals surface area contributed by atoms with Crippen LogP contribution in [0, 0.1) is 6.92 Å². The molecule has 2 N–H and O–H groups in total. The molecule has 3 heterocycles. The smallest absolute Gasteiger partial charge is 0.435 e. The van der Waals surface area contributed by atoms with Crippen LogP contribution in [0.15, 0.2) is 47.5 Å². The van der Waals surface area contributed by atoms with Crippen LogP contribution < -0.4 is 20.3 Å². The van der Waals surface area contributed by atoms with Gasteiger partial charge in [-0.15, -0.1) is 0 Å². The second kappa shape index (κ2) is 10.5. The van der Waals surface area contributed by atoms with Crippen LogP contribution in [-0.2, 0) is 12.7 Å². The molecule has 0 atom stereocenters. The van der Waals surface area contributed by atoms with E-state index in [2.05, 4.69) is 20.4 Å². The summed E-state index contributed by atoms with van der Waals surface area (Å²) in [6, 6.07) is 6.91. The lowest BCUT2D eigenvalue weighted by Gasteiger charge is -2.15. The van der Waals surface area contributed by atoms with Crippen molar-refractivity contribution < 1.29 is 32.5 Å². The van der Waals surface area contributed by atoms with E-state index in [0.29, 0.717) is 17.2 Å². The van der Waals surface area contributed by atoms with Gasteiger partial charge in [0, 0.05) is 59.6 Å². The van der Waals surface area contributed by atoms with Crippen molar-refractivity contribution in [2.45, 2.75) is 26.6 Å². The van der Waals surface area contributed by atoms with Gasteiger partial charge in [-0.05, 0) is 26.0 Å². The number of ether oxygens (including phenoxy) is 2. The van der Waals surface area contributed by atoms with Gasteiger partial charge < -0.3 is 24.5 Å². The zero-order valence-corrected chi connectivity index (χ0v) is 21.2. The van der Waals surface area contributed by atoms with Gasteiger partial charge in [0.1, 0.15) is 17.1 Å². The molecule has 14 heteroatoms. The molecule has 1 aromatic carbocycles. The first kappa shape index (κ1) is 27.2. The van der Waals surface area contributed by atoms with Gasteiger partial charge in [0.05, 0.1) is 14.2 Å². The second-order valence-corrected chi connectivity index (χ2v) is 8.28. The number of nitrogens with one attached hydrogen (secondary N) is 1. The average molecular weight is 544 g/mol. The van der Waals surface area contributed by atoms with Crippen LogP contribution in [-0.4, -0.2) is 49.6 Å². The Morgan fingerprint density at radius 3 is 2.31 bits per heavy atom. The lowest BCUT2D eigenvalue weighted by atomic mass is 10.1. The molecular weight excluding hydrogens is 521 g/mol. The van der Waals surface area contributed by atoms with E-state index in [-0.39, 0.29) is 35.1 Å². The minimum absolute atomic E-state index is 0.00483. The summed E-state index contributed by atoms with van der Waals surface area (Å²) >= 11 is 0. The molecule has 0 unspecified atom stereocenters. The minimum Gasteiger partial charge on any atom is -0.497 e. The Morgan fingerprint density at radius 1 is 1.10 bits per heavy atom. The Hall–Kier alpha value is -4.88. The highest BCUT2D eigenvalue weighted by Crippen LogP contribution is 2.33. The van der Waals surface area contributed by atoms with E-state index >= 15 is 0 Å². The number of nitrogens with zero attached hydrogens (tertiary/aromatic N) is 5. The first-order chi connectivity index (χ1) is 18.4. The average Bonchev–Trinajstić information content (AvgIpc) is 3.30. The summed E-state index contributed by atoms with van der Waals surface area (Å²) in [7, 11) is 2.95. The Morgan fingerprint density at radius 2 is 1.77 bits per heavy atom. The standard InChI is InChI=1S/C25H23F3N6O5/c1-5-33-12-14(7-18(22(33)35)23(36)37)19-11-29-24(30-15-8-16(38-3)10-17(9-15)39-4)31-21(19)34-13(2)6-20(32-34)25(26,27)28/h6-12H,5H2,1-4H3,(H,36,37)(H,29,30,31). The maximum Gasteiger partial charge on any atom is 0.435 e. The third kappa shape index (κ3) is 5.54. The highest BCUT2D eigenvalue weighted by molar-refractivity contribution is 5.89. The quantitative estimate of drug-likeness (QED) is 0.333. The number of halogens is 3. The Labute approximate surface area is 219 Å². The molecule has 0 aliphatic carbocycles. The molecule has 0 aliphatic heterocycles. The Kier molecular flexibility index (Phi) is 7.29. The van der Waals surface area contributed by atoms with Crippen LogP contribution in [0.4, 0.5) is 24.8 Å². The molecule has 0 fully saturated rings. The van der Waals surface area contributed by atoms with E-state index in [9.17, 15) is 27.9 Å². The third-order valence-electron chi connectivity index (χ3n) is 5.72. The second-order valence-electron chi connectivity index (χ2n) is 8.28. The molecule has 0 bridgehead atoms. The van der Waals surface area contributed by atoms with Crippen LogP contribution in [0.3, 0.4) is 0 Å². The summed E-state index contributed by atoms with van der Waals surface area (Å²) in [5, 5.41) is 16.2. The fourth-order valence-corrected chi connectivity index (χ4v) is 3.81. The zero-order chi connectivity index (χ0) is 28.5. The molecule has 4 aromatic rings.